The van der Waals surface area contributed by atoms with Gasteiger partial charge in [-0.3, -0.25) is 4.90 Å². The molecule has 1 aliphatic heterocycles. The van der Waals surface area contributed by atoms with Gasteiger partial charge in [-0.15, -0.1) is 0 Å². The zero-order chi connectivity index (χ0) is 17.9. The molecule has 0 bridgehead atoms. The normalized spacial score (nSPS) is 15.9. The van der Waals surface area contributed by atoms with Crippen LogP contribution in [-0.2, 0) is 19.5 Å². The fourth-order valence-corrected chi connectivity index (χ4v) is 3.79. The number of aromatic amines is 1. The molecule has 0 saturated heterocycles. The SMILES string of the molecule is O[C@H](CNCc1c(F)ccc2[nH]ccc12)CN1CCc2ccccc2C1. The first kappa shape index (κ1) is 17.2. The lowest BCUT2D eigenvalue weighted by Gasteiger charge is -2.30. The van der Waals surface area contributed by atoms with Crippen LogP contribution in [0, 0.1) is 5.82 Å². The van der Waals surface area contributed by atoms with Gasteiger partial charge in [0, 0.05) is 55.4 Å². The number of aliphatic hydroxyl groups excluding tert-OH is 1. The van der Waals surface area contributed by atoms with Gasteiger partial charge in [0.05, 0.1) is 6.10 Å². The quantitative estimate of drug-likeness (QED) is 0.639. The van der Waals surface area contributed by atoms with Crippen molar-refractivity contribution in [3.63, 3.8) is 0 Å². The first-order valence-electron chi connectivity index (χ1n) is 9.13. The second kappa shape index (κ2) is 7.58. The molecule has 5 heteroatoms. The van der Waals surface area contributed by atoms with Crippen molar-refractivity contribution in [3.8, 4) is 0 Å². The molecule has 3 aromatic rings. The standard InChI is InChI=1S/C21H24FN3O/c22-20-5-6-21-18(7-9-24-21)19(20)12-23-11-17(26)14-25-10-8-15-3-1-2-4-16(15)13-25/h1-7,9,17,23-24,26H,8,10-14H2/t17-/m1/s1. The van der Waals surface area contributed by atoms with Crippen LogP contribution in [0.15, 0.2) is 48.7 Å². The van der Waals surface area contributed by atoms with E-state index in [1.54, 1.807) is 6.07 Å². The van der Waals surface area contributed by atoms with Gasteiger partial charge in [0.15, 0.2) is 0 Å². The lowest BCUT2D eigenvalue weighted by Crippen LogP contribution is -2.40. The Kier molecular flexibility index (Phi) is 5.02. The minimum absolute atomic E-state index is 0.216. The number of halogens is 1. The molecule has 2 heterocycles. The summed E-state index contributed by atoms with van der Waals surface area (Å²) < 4.78 is 14.1. The minimum Gasteiger partial charge on any atom is -0.390 e. The largest absolute Gasteiger partial charge is 0.390 e. The van der Waals surface area contributed by atoms with Gasteiger partial charge in [-0.25, -0.2) is 4.39 Å². The summed E-state index contributed by atoms with van der Waals surface area (Å²) in [7, 11) is 0. The fraction of sp³-hybridized carbons (Fsp3) is 0.333. The fourth-order valence-electron chi connectivity index (χ4n) is 3.79. The topological polar surface area (TPSA) is 51.3 Å². The molecule has 0 radical (unpaired) electrons. The lowest BCUT2D eigenvalue weighted by atomic mass is 10.00. The van der Waals surface area contributed by atoms with Crippen LogP contribution < -0.4 is 5.32 Å². The van der Waals surface area contributed by atoms with E-state index in [1.807, 2.05) is 12.3 Å². The van der Waals surface area contributed by atoms with Crippen molar-refractivity contribution in [1.29, 1.82) is 0 Å². The summed E-state index contributed by atoms with van der Waals surface area (Å²) in [6.45, 7) is 3.31. The third-order valence-corrected chi connectivity index (χ3v) is 5.15. The molecule has 0 unspecified atom stereocenters. The summed E-state index contributed by atoms with van der Waals surface area (Å²) in [5, 5.41) is 14.5. The monoisotopic (exact) mass is 353 g/mol. The number of H-pyrrole nitrogens is 1. The molecule has 0 aliphatic carbocycles. The predicted octanol–water partition coefficient (Wildman–Crippen LogP) is 2.82. The Morgan fingerprint density at radius 3 is 2.88 bits per heavy atom. The van der Waals surface area contributed by atoms with E-state index < -0.39 is 6.10 Å². The number of nitrogens with one attached hydrogen (secondary N) is 2. The number of hydrogen-bond acceptors (Lipinski definition) is 3. The molecule has 2 aromatic carbocycles. The van der Waals surface area contributed by atoms with Gasteiger partial charge >= 0.3 is 0 Å². The molecule has 1 aliphatic rings. The van der Waals surface area contributed by atoms with E-state index in [-0.39, 0.29) is 5.82 Å². The van der Waals surface area contributed by atoms with E-state index >= 15 is 0 Å². The Morgan fingerprint density at radius 2 is 2.00 bits per heavy atom. The molecule has 0 amide bonds. The van der Waals surface area contributed by atoms with Crippen molar-refractivity contribution < 1.29 is 9.50 Å². The molecule has 26 heavy (non-hydrogen) atoms. The first-order chi connectivity index (χ1) is 12.7. The highest BCUT2D eigenvalue weighted by molar-refractivity contribution is 5.83. The number of aromatic nitrogens is 1. The van der Waals surface area contributed by atoms with Crippen LogP contribution in [0.4, 0.5) is 4.39 Å². The first-order valence-corrected chi connectivity index (χ1v) is 9.13. The number of benzene rings is 2. The van der Waals surface area contributed by atoms with Crippen molar-refractivity contribution in [1.82, 2.24) is 15.2 Å². The van der Waals surface area contributed by atoms with Crippen LogP contribution in [0.5, 0.6) is 0 Å². The van der Waals surface area contributed by atoms with Gasteiger partial charge in [-0.2, -0.15) is 0 Å². The molecular weight excluding hydrogens is 329 g/mol. The summed E-state index contributed by atoms with van der Waals surface area (Å²) in [4.78, 5) is 5.38. The van der Waals surface area contributed by atoms with Crippen LogP contribution in [0.25, 0.3) is 10.9 Å². The van der Waals surface area contributed by atoms with Crippen LogP contribution in [-0.4, -0.2) is 40.7 Å². The Bertz CT molecular complexity index is 892. The van der Waals surface area contributed by atoms with Crippen molar-refractivity contribution in [2.24, 2.45) is 0 Å². The molecule has 4 rings (SSSR count). The van der Waals surface area contributed by atoms with Gasteiger partial charge in [0.2, 0.25) is 0 Å². The van der Waals surface area contributed by atoms with Crippen LogP contribution >= 0.6 is 0 Å². The number of fused-ring (bicyclic) bond motifs is 2. The van der Waals surface area contributed by atoms with Crippen molar-refractivity contribution >= 4 is 10.9 Å². The van der Waals surface area contributed by atoms with Gasteiger partial charge in [-0.1, -0.05) is 24.3 Å². The second-order valence-electron chi connectivity index (χ2n) is 7.00. The molecule has 1 atom stereocenters. The van der Waals surface area contributed by atoms with E-state index in [1.165, 1.54) is 17.2 Å². The summed E-state index contributed by atoms with van der Waals surface area (Å²) in [6, 6.07) is 13.6. The maximum absolute atomic E-state index is 14.1. The van der Waals surface area contributed by atoms with Crippen LogP contribution in [0.1, 0.15) is 16.7 Å². The molecule has 4 nitrogen and oxygen atoms in total. The molecule has 136 valence electrons. The highest BCUT2D eigenvalue weighted by Crippen LogP contribution is 2.21. The predicted molar refractivity (Wildman–Crippen MR) is 101 cm³/mol. The van der Waals surface area contributed by atoms with E-state index in [9.17, 15) is 9.50 Å². The lowest BCUT2D eigenvalue weighted by molar-refractivity contribution is 0.104. The van der Waals surface area contributed by atoms with Crippen molar-refractivity contribution in [3.05, 3.63) is 71.2 Å². The zero-order valence-corrected chi connectivity index (χ0v) is 14.7. The summed E-state index contributed by atoms with van der Waals surface area (Å²) in [6.07, 6.45) is 2.36. The maximum Gasteiger partial charge on any atom is 0.128 e. The van der Waals surface area contributed by atoms with Gasteiger partial charge in [0.25, 0.3) is 0 Å². The Morgan fingerprint density at radius 1 is 1.15 bits per heavy atom. The zero-order valence-electron chi connectivity index (χ0n) is 14.7. The van der Waals surface area contributed by atoms with Gasteiger partial charge in [0.1, 0.15) is 5.82 Å². The molecule has 1 aromatic heterocycles. The Hall–Kier alpha value is -2.21. The van der Waals surface area contributed by atoms with E-state index in [2.05, 4.69) is 39.5 Å². The summed E-state index contributed by atoms with van der Waals surface area (Å²) in [5.74, 6) is -0.216. The van der Waals surface area contributed by atoms with E-state index in [4.69, 9.17) is 0 Å². The Labute approximate surface area is 152 Å². The second-order valence-corrected chi connectivity index (χ2v) is 7.00. The molecule has 3 N–H and O–H groups in total. The molecular formula is C21H24FN3O. The van der Waals surface area contributed by atoms with Crippen LogP contribution in [0.2, 0.25) is 0 Å². The number of hydrogen-bond donors (Lipinski definition) is 3. The minimum atomic E-state index is -0.478. The van der Waals surface area contributed by atoms with Gasteiger partial charge in [-0.05, 0) is 35.7 Å². The highest BCUT2D eigenvalue weighted by atomic mass is 19.1. The van der Waals surface area contributed by atoms with E-state index in [0.29, 0.717) is 25.2 Å². The molecule has 0 spiro atoms. The number of aliphatic hydroxyl groups is 1. The number of β-amino-alcohol motifs (C(OH)–C–C–N with tert-alkyl or cyclic N) is 1. The highest BCUT2D eigenvalue weighted by Gasteiger charge is 2.18. The average Bonchev–Trinajstić information content (AvgIpc) is 3.12. The smallest absolute Gasteiger partial charge is 0.128 e. The summed E-state index contributed by atoms with van der Waals surface area (Å²) in [5.41, 5.74) is 4.32. The Balaban J connectivity index is 1.30. The number of nitrogens with zero attached hydrogens (tertiary/aromatic N) is 1. The molecule has 0 saturated carbocycles. The third-order valence-electron chi connectivity index (χ3n) is 5.15. The van der Waals surface area contributed by atoms with Crippen molar-refractivity contribution in [2.45, 2.75) is 25.6 Å². The summed E-state index contributed by atoms with van der Waals surface area (Å²) >= 11 is 0. The van der Waals surface area contributed by atoms with Crippen molar-refractivity contribution in [2.75, 3.05) is 19.6 Å². The third kappa shape index (κ3) is 3.65. The van der Waals surface area contributed by atoms with Gasteiger partial charge < -0.3 is 15.4 Å². The maximum atomic E-state index is 14.1. The molecule has 0 fully saturated rings. The van der Waals surface area contributed by atoms with Crippen LogP contribution in [0.3, 0.4) is 0 Å². The van der Waals surface area contributed by atoms with E-state index in [0.717, 1.165) is 30.4 Å². The number of rotatable bonds is 6. The average molecular weight is 353 g/mol.